The van der Waals surface area contributed by atoms with Gasteiger partial charge in [-0.2, -0.15) is 0 Å². The molecule has 0 radical (unpaired) electrons. The number of carbonyl (C=O) groups excluding carboxylic acids is 3. The molecule has 1 N–H and O–H groups in total. The smallest absolute Gasteiger partial charge is 0.338 e. The average Bonchev–Trinajstić information content (AvgIpc) is 3.15. The first-order chi connectivity index (χ1) is 14.9. The molecule has 1 saturated heterocycles. The molecule has 7 heteroatoms. The van der Waals surface area contributed by atoms with Crippen molar-refractivity contribution < 1.29 is 23.9 Å². The molecule has 31 heavy (non-hydrogen) atoms. The first kappa shape index (κ1) is 22.3. The molecule has 0 unspecified atom stereocenters. The van der Waals surface area contributed by atoms with Gasteiger partial charge < -0.3 is 19.7 Å². The molecule has 2 aromatic carbocycles. The lowest BCUT2D eigenvalue weighted by molar-refractivity contribution is -0.122. The highest BCUT2D eigenvalue weighted by molar-refractivity contribution is 6.03. The Labute approximate surface area is 182 Å². The zero-order valence-electron chi connectivity index (χ0n) is 18.1. The van der Waals surface area contributed by atoms with Crippen LogP contribution >= 0.6 is 0 Å². The Hall–Kier alpha value is -3.35. The molecule has 3 rings (SSSR count). The molecule has 1 fully saturated rings. The Morgan fingerprint density at radius 1 is 1.10 bits per heavy atom. The van der Waals surface area contributed by atoms with Gasteiger partial charge in [-0.25, -0.2) is 4.79 Å². The van der Waals surface area contributed by atoms with Gasteiger partial charge in [-0.3, -0.25) is 9.59 Å². The van der Waals surface area contributed by atoms with E-state index >= 15 is 0 Å². The third-order valence-corrected chi connectivity index (χ3v) is 4.89. The quantitative estimate of drug-likeness (QED) is 0.650. The third kappa shape index (κ3) is 5.84. The lowest BCUT2D eigenvalue weighted by Gasteiger charge is -2.17. The minimum Gasteiger partial charge on any atom is -0.494 e. The van der Waals surface area contributed by atoms with Gasteiger partial charge in [-0.15, -0.1) is 0 Å². The van der Waals surface area contributed by atoms with Gasteiger partial charge >= 0.3 is 5.97 Å². The lowest BCUT2D eigenvalue weighted by Crippen LogP contribution is -2.28. The van der Waals surface area contributed by atoms with E-state index in [0.717, 1.165) is 11.4 Å². The third-order valence-electron chi connectivity index (χ3n) is 4.89. The monoisotopic (exact) mass is 424 g/mol. The fourth-order valence-corrected chi connectivity index (χ4v) is 3.28. The van der Waals surface area contributed by atoms with Crippen LogP contribution < -0.4 is 15.0 Å². The summed E-state index contributed by atoms with van der Waals surface area (Å²) in [5, 5.41) is 2.83. The Balaban J connectivity index is 1.57. The molecule has 1 heterocycles. The van der Waals surface area contributed by atoms with Crippen LogP contribution in [0.3, 0.4) is 0 Å². The molecule has 1 aliphatic heterocycles. The first-order valence-electron chi connectivity index (χ1n) is 10.5. The van der Waals surface area contributed by atoms with Crippen molar-refractivity contribution in [2.45, 2.75) is 27.2 Å². The molecule has 0 aromatic heterocycles. The maximum atomic E-state index is 12.7. The van der Waals surface area contributed by atoms with Gasteiger partial charge in [0, 0.05) is 24.3 Å². The second-order valence-electron chi connectivity index (χ2n) is 7.89. The first-order valence-corrected chi connectivity index (χ1v) is 10.5. The van der Waals surface area contributed by atoms with Gasteiger partial charge in [0.2, 0.25) is 11.8 Å². The topological polar surface area (TPSA) is 84.9 Å². The SMILES string of the molecule is CCOc1ccc(N2C[C@H](C(=O)Nc3ccc(C(=O)OCC(C)C)cc3)CC2=O)cc1. The predicted molar refractivity (Wildman–Crippen MR) is 118 cm³/mol. The summed E-state index contributed by atoms with van der Waals surface area (Å²) in [5.41, 5.74) is 1.74. The van der Waals surface area contributed by atoms with E-state index < -0.39 is 5.92 Å². The number of amides is 2. The van der Waals surface area contributed by atoms with Gasteiger partial charge in [0.15, 0.2) is 0 Å². The Bertz CT molecular complexity index is 922. The van der Waals surface area contributed by atoms with Gasteiger partial charge in [0.1, 0.15) is 5.75 Å². The zero-order valence-corrected chi connectivity index (χ0v) is 18.1. The van der Waals surface area contributed by atoms with E-state index in [1.165, 1.54) is 0 Å². The number of nitrogens with zero attached hydrogens (tertiary/aromatic N) is 1. The largest absolute Gasteiger partial charge is 0.494 e. The van der Waals surface area contributed by atoms with E-state index in [1.807, 2.05) is 45.0 Å². The summed E-state index contributed by atoms with van der Waals surface area (Å²) in [4.78, 5) is 38.7. The molecule has 1 aliphatic rings. The fraction of sp³-hybridized carbons (Fsp3) is 0.375. The number of rotatable bonds is 8. The number of hydrogen-bond donors (Lipinski definition) is 1. The van der Waals surface area contributed by atoms with Crippen molar-refractivity contribution in [3.63, 3.8) is 0 Å². The number of nitrogens with one attached hydrogen (secondary N) is 1. The van der Waals surface area contributed by atoms with Crippen molar-refractivity contribution in [3.05, 3.63) is 54.1 Å². The van der Waals surface area contributed by atoms with Crippen LogP contribution in [0, 0.1) is 11.8 Å². The average molecular weight is 424 g/mol. The van der Waals surface area contributed by atoms with E-state index in [2.05, 4.69) is 5.32 Å². The van der Waals surface area contributed by atoms with Crippen LogP contribution in [0.4, 0.5) is 11.4 Å². The summed E-state index contributed by atoms with van der Waals surface area (Å²) >= 11 is 0. The summed E-state index contributed by atoms with van der Waals surface area (Å²) in [6.45, 7) is 7.10. The number of carbonyl (C=O) groups is 3. The zero-order chi connectivity index (χ0) is 22.4. The van der Waals surface area contributed by atoms with Crippen molar-refractivity contribution in [2.24, 2.45) is 11.8 Å². The molecule has 0 spiro atoms. The maximum Gasteiger partial charge on any atom is 0.338 e. The van der Waals surface area contributed by atoms with E-state index in [9.17, 15) is 14.4 Å². The normalized spacial score (nSPS) is 15.8. The van der Waals surface area contributed by atoms with Crippen LogP contribution in [-0.4, -0.2) is 37.5 Å². The van der Waals surface area contributed by atoms with E-state index in [0.29, 0.717) is 31.0 Å². The van der Waals surface area contributed by atoms with Crippen LogP contribution in [0.1, 0.15) is 37.6 Å². The fourth-order valence-electron chi connectivity index (χ4n) is 3.28. The molecule has 0 saturated carbocycles. The van der Waals surface area contributed by atoms with E-state index in [-0.39, 0.29) is 30.1 Å². The second-order valence-corrected chi connectivity index (χ2v) is 7.89. The van der Waals surface area contributed by atoms with Crippen molar-refractivity contribution in [1.82, 2.24) is 0 Å². The van der Waals surface area contributed by atoms with Crippen molar-refractivity contribution in [3.8, 4) is 5.75 Å². The molecule has 2 aromatic rings. The van der Waals surface area contributed by atoms with Crippen molar-refractivity contribution >= 4 is 29.2 Å². The molecular formula is C24H28N2O5. The number of hydrogen-bond acceptors (Lipinski definition) is 5. The summed E-state index contributed by atoms with van der Waals surface area (Å²) in [5.74, 6) is -0.152. The van der Waals surface area contributed by atoms with Crippen molar-refractivity contribution in [2.75, 3.05) is 30.0 Å². The molecule has 7 nitrogen and oxygen atoms in total. The standard InChI is InChI=1S/C24H28N2O5/c1-4-30-21-11-9-20(10-12-21)26-14-18(13-22(26)27)23(28)25-19-7-5-17(6-8-19)24(29)31-15-16(2)3/h5-12,16,18H,4,13-15H2,1-3H3,(H,25,28)/t18-/m1/s1. The van der Waals surface area contributed by atoms with Crippen LogP contribution in [0.2, 0.25) is 0 Å². The predicted octanol–water partition coefficient (Wildman–Crippen LogP) is 3.89. The molecule has 164 valence electrons. The number of anilines is 2. The molecule has 0 aliphatic carbocycles. The highest BCUT2D eigenvalue weighted by Gasteiger charge is 2.35. The molecule has 0 bridgehead atoms. The minimum absolute atomic E-state index is 0.0902. The van der Waals surface area contributed by atoms with Gasteiger partial charge in [-0.1, -0.05) is 13.8 Å². The van der Waals surface area contributed by atoms with E-state index in [4.69, 9.17) is 9.47 Å². The Morgan fingerprint density at radius 3 is 2.39 bits per heavy atom. The van der Waals surface area contributed by atoms with Gasteiger partial charge in [0.05, 0.1) is 24.7 Å². The molecule has 1 atom stereocenters. The number of benzene rings is 2. The van der Waals surface area contributed by atoms with Crippen LogP contribution in [-0.2, 0) is 14.3 Å². The highest BCUT2D eigenvalue weighted by atomic mass is 16.5. The summed E-state index contributed by atoms with van der Waals surface area (Å²) < 4.78 is 10.6. The summed E-state index contributed by atoms with van der Waals surface area (Å²) in [6, 6.07) is 13.8. The Kier molecular flexibility index (Phi) is 7.28. The van der Waals surface area contributed by atoms with Gasteiger partial charge in [0.25, 0.3) is 0 Å². The van der Waals surface area contributed by atoms with E-state index in [1.54, 1.807) is 29.2 Å². The van der Waals surface area contributed by atoms with Crippen LogP contribution in [0.15, 0.2) is 48.5 Å². The summed E-state index contributed by atoms with van der Waals surface area (Å²) in [7, 11) is 0. The highest BCUT2D eigenvalue weighted by Crippen LogP contribution is 2.27. The second kappa shape index (κ2) is 10.1. The molecule has 2 amide bonds. The number of esters is 1. The summed E-state index contributed by atoms with van der Waals surface area (Å²) in [6.07, 6.45) is 0.151. The van der Waals surface area contributed by atoms with Crippen molar-refractivity contribution in [1.29, 1.82) is 0 Å². The minimum atomic E-state index is -0.449. The lowest BCUT2D eigenvalue weighted by atomic mass is 10.1. The number of ether oxygens (including phenoxy) is 2. The van der Waals surface area contributed by atoms with Gasteiger partial charge in [-0.05, 0) is 61.4 Å². The molecular weight excluding hydrogens is 396 g/mol. The maximum absolute atomic E-state index is 12.7. The van der Waals surface area contributed by atoms with Crippen LogP contribution in [0.5, 0.6) is 5.75 Å². The van der Waals surface area contributed by atoms with Crippen LogP contribution in [0.25, 0.3) is 0 Å². The Morgan fingerprint density at radius 2 is 1.77 bits per heavy atom.